The third-order valence-electron chi connectivity index (χ3n) is 8.59. The van der Waals surface area contributed by atoms with Crippen LogP contribution in [-0.2, 0) is 20.9 Å². The molecule has 2 fully saturated rings. The minimum absolute atomic E-state index is 0.0119. The molecule has 2 heterocycles. The summed E-state index contributed by atoms with van der Waals surface area (Å²) in [6.07, 6.45) is 0.862. The van der Waals surface area contributed by atoms with Crippen LogP contribution in [0.4, 0.5) is 8.78 Å². The Morgan fingerprint density at radius 3 is 2.36 bits per heavy atom. The number of aliphatic hydroxyl groups is 1. The van der Waals surface area contributed by atoms with E-state index >= 15 is 0 Å². The second-order valence-corrected chi connectivity index (χ2v) is 11.9. The summed E-state index contributed by atoms with van der Waals surface area (Å²) in [6, 6.07) is 10.3. The summed E-state index contributed by atoms with van der Waals surface area (Å²) in [4.78, 5) is 53.4. The maximum Gasteiger partial charge on any atom is 0.586 e. The van der Waals surface area contributed by atoms with Crippen LogP contribution in [0.2, 0.25) is 0 Å². The molecule has 1 aliphatic carbocycles. The minimum Gasteiger partial charge on any atom is -0.395 e. The van der Waals surface area contributed by atoms with E-state index in [9.17, 15) is 33.1 Å². The molecule has 5 N–H and O–H groups in total. The van der Waals surface area contributed by atoms with E-state index in [4.69, 9.17) is 0 Å². The molecular formula is C32H38F2N4O7. The monoisotopic (exact) mass is 628 g/mol. The lowest BCUT2D eigenvalue weighted by Gasteiger charge is -2.29. The van der Waals surface area contributed by atoms with Gasteiger partial charge in [-0.15, -0.1) is 8.78 Å². The van der Waals surface area contributed by atoms with Gasteiger partial charge in [0.25, 0.3) is 11.8 Å². The van der Waals surface area contributed by atoms with Gasteiger partial charge in [0.2, 0.25) is 11.7 Å². The average molecular weight is 629 g/mol. The van der Waals surface area contributed by atoms with Crippen molar-refractivity contribution >= 4 is 23.5 Å². The smallest absolute Gasteiger partial charge is 0.395 e. The second kappa shape index (κ2) is 14.3. The molecule has 0 spiro atoms. The van der Waals surface area contributed by atoms with E-state index in [1.807, 2.05) is 6.07 Å². The highest BCUT2D eigenvalue weighted by atomic mass is 19.3. The summed E-state index contributed by atoms with van der Waals surface area (Å²) >= 11 is 0. The predicted octanol–water partition coefficient (Wildman–Crippen LogP) is 2.77. The van der Waals surface area contributed by atoms with Gasteiger partial charge in [0.05, 0.1) is 6.04 Å². The Balaban J connectivity index is 1.31. The Kier molecular flexibility index (Phi) is 10.3. The van der Waals surface area contributed by atoms with Gasteiger partial charge in [0, 0.05) is 18.0 Å². The maximum absolute atomic E-state index is 13.8. The standard InChI is InChI=1S/C32H38F2N4O7/c33-32(34)44-25-12-11-21(17-26(25)45-32)29(41)38-24(15-19-7-3-1-4-8-19)30(42)37-23(16-22-13-14-35-28(22)40)27(39)31(43)36-18-20-9-5-2-6-10-20/h2,5-6,9-12,17,19,22-24,28,35,40H,1,3-4,7-8,13-16,18H2,(H,36,43)(H,37,42)(H,38,41)/t22-,23-,24-,28?/m0/s1. The number of rotatable bonds is 12. The van der Waals surface area contributed by atoms with E-state index in [1.54, 1.807) is 24.3 Å². The summed E-state index contributed by atoms with van der Waals surface area (Å²) in [5.74, 6) is -3.89. The molecular weight excluding hydrogens is 590 g/mol. The van der Waals surface area contributed by atoms with Gasteiger partial charge in [-0.3, -0.25) is 24.5 Å². The number of fused-ring (bicyclic) bond motifs is 1. The number of hydrogen-bond donors (Lipinski definition) is 5. The number of benzene rings is 2. The van der Waals surface area contributed by atoms with E-state index in [0.29, 0.717) is 13.0 Å². The molecule has 0 bridgehead atoms. The van der Waals surface area contributed by atoms with Gasteiger partial charge in [0.15, 0.2) is 11.5 Å². The molecule has 242 valence electrons. The normalized spacial score (nSPS) is 21.8. The molecule has 0 aromatic heterocycles. The zero-order chi connectivity index (χ0) is 32.0. The van der Waals surface area contributed by atoms with Gasteiger partial charge in [-0.2, -0.15) is 0 Å². The molecule has 3 aliphatic rings. The van der Waals surface area contributed by atoms with Gasteiger partial charge >= 0.3 is 6.29 Å². The number of ketones is 1. The van der Waals surface area contributed by atoms with Gasteiger partial charge < -0.3 is 30.5 Å². The van der Waals surface area contributed by atoms with Crippen molar-refractivity contribution in [2.75, 3.05) is 6.54 Å². The Bertz CT molecular complexity index is 1390. The number of aliphatic hydroxyl groups excluding tert-OH is 1. The fraction of sp³-hybridized carbons (Fsp3) is 0.500. The number of Topliss-reactive ketones (excluding diaryl/α,β-unsaturated/α-hetero) is 1. The van der Waals surface area contributed by atoms with Crippen LogP contribution in [-0.4, -0.2) is 59.8 Å². The zero-order valence-corrected chi connectivity index (χ0v) is 24.7. The number of carbonyl (C=O) groups excluding carboxylic acids is 4. The predicted molar refractivity (Wildman–Crippen MR) is 157 cm³/mol. The van der Waals surface area contributed by atoms with Crippen LogP contribution in [0.3, 0.4) is 0 Å². The molecule has 1 saturated carbocycles. The molecule has 11 nitrogen and oxygen atoms in total. The van der Waals surface area contributed by atoms with Crippen molar-refractivity contribution in [2.45, 2.75) is 82.5 Å². The average Bonchev–Trinajstić information content (AvgIpc) is 3.58. The van der Waals surface area contributed by atoms with E-state index in [0.717, 1.165) is 43.7 Å². The third-order valence-corrected chi connectivity index (χ3v) is 8.59. The molecule has 1 saturated heterocycles. The lowest BCUT2D eigenvalue weighted by atomic mass is 9.84. The van der Waals surface area contributed by atoms with Crippen LogP contribution in [0, 0.1) is 11.8 Å². The van der Waals surface area contributed by atoms with Gasteiger partial charge in [-0.25, -0.2) is 0 Å². The number of nitrogens with one attached hydrogen (secondary N) is 4. The molecule has 13 heteroatoms. The van der Waals surface area contributed by atoms with E-state index in [2.05, 4.69) is 30.7 Å². The van der Waals surface area contributed by atoms with Crippen LogP contribution in [0.5, 0.6) is 11.5 Å². The number of ether oxygens (including phenoxy) is 2. The molecule has 2 aliphatic heterocycles. The van der Waals surface area contributed by atoms with Crippen LogP contribution >= 0.6 is 0 Å². The van der Waals surface area contributed by atoms with Crippen molar-refractivity contribution in [3.8, 4) is 11.5 Å². The molecule has 0 radical (unpaired) electrons. The first-order valence-corrected chi connectivity index (χ1v) is 15.4. The second-order valence-electron chi connectivity index (χ2n) is 11.9. The first-order chi connectivity index (χ1) is 21.6. The number of carbonyl (C=O) groups is 4. The summed E-state index contributed by atoms with van der Waals surface area (Å²) < 4.78 is 35.9. The lowest BCUT2D eigenvalue weighted by Crippen LogP contribution is -2.55. The van der Waals surface area contributed by atoms with E-state index < -0.39 is 48.1 Å². The number of hydrogen-bond acceptors (Lipinski definition) is 8. The molecule has 2 aromatic rings. The molecule has 1 unspecified atom stereocenters. The van der Waals surface area contributed by atoms with Crippen molar-refractivity contribution in [2.24, 2.45) is 11.8 Å². The van der Waals surface area contributed by atoms with Crippen molar-refractivity contribution in [3.63, 3.8) is 0 Å². The largest absolute Gasteiger partial charge is 0.586 e. The van der Waals surface area contributed by atoms with Crippen molar-refractivity contribution < 1.29 is 42.5 Å². The lowest BCUT2D eigenvalue weighted by molar-refractivity contribution is -0.286. The Hall–Kier alpha value is -4.10. The van der Waals surface area contributed by atoms with Crippen molar-refractivity contribution in [1.29, 1.82) is 0 Å². The minimum atomic E-state index is -3.85. The maximum atomic E-state index is 13.8. The summed E-state index contributed by atoms with van der Waals surface area (Å²) in [5, 5.41) is 21.3. The van der Waals surface area contributed by atoms with E-state index in [-0.39, 0.29) is 48.3 Å². The molecule has 5 rings (SSSR count). The van der Waals surface area contributed by atoms with Crippen LogP contribution in [0.1, 0.15) is 67.3 Å². The number of halogens is 2. The van der Waals surface area contributed by atoms with Crippen LogP contribution < -0.4 is 30.7 Å². The highest BCUT2D eigenvalue weighted by Crippen LogP contribution is 2.41. The Morgan fingerprint density at radius 2 is 1.64 bits per heavy atom. The molecule has 3 amide bonds. The van der Waals surface area contributed by atoms with Crippen molar-refractivity contribution in [3.05, 3.63) is 59.7 Å². The summed E-state index contributed by atoms with van der Waals surface area (Å²) in [7, 11) is 0. The van der Waals surface area contributed by atoms with E-state index in [1.165, 1.54) is 12.1 Å². The summed E-state index contributed by atoms with van der Waals surface area (Å²) in [6.45, 7) is 0.629. The number of amides is 3. The van der Waals surface area contributed by atoms with Gasteiger partial charge in [0.1, 0.15) is 12.3 Å². The summed E-state index contributed by atoms with van der Waals surface area (Å²) in [5.41, 5.74) is 0.765. The molecule has 4 atom stereocenters. The van der Waals surface area contributed by atoms with Gasteiger partial charge in [-0.05, 0) is 55.5 Å². The highest BCUT2D eigenvalue weighted by Gasteiger charge is 2.44. The molecule has 45 heavy (non-hydrogen) atoms. The first-order valence-electron chi connectivity index (χ1n) is 15.4. The number of alkyl halides is 2. The Labute approximate surface area is 259 Å². The van der Waals surface area contributed by atoms with Gasteiger partial charge in [-0.1, -0.05) is 62.4 Å². The fourth-order valence-corrected chi connectivity index (χ4v) is 6.14. The topological polar surface area (TPSA) is 155 Å². The van der Waals surface area contributed by atoms with Crippen molar-refractivity contribution in [1.82, 2.24) is 21.3 Å². The highest BCUT2D eigenvalue weighted by molar-refractivity contribution is 6.38. The third kappa shape index (κ3) is 8.54. The SMILES string of the molecule is O=C(NCc1ccccc1)C(=O)[C@H](C[C@@H]1CCNC1O)NC(=O)[C@H](CC1CCCCC1)NC(=O)c1ccc2c(c1)OC(F)(F)O2. The zero-order valence-electron chi connectivity index (χ0n) is 24.7. The van der Waals surface area contributed by atoms with Crippen LogP contribution in [0.15, 0.2) is 48.5 Å². The molecule has 2 aromatic carbocycles. The van der Waals surface area contributed by atoms with Crippen LogP contribution in [0.25, 0.3) is 0 Å². The first kappa shape index (κ1) is 32.3. The fourth-order valence-electron chi connectivity index (χ4n) is 6.14. The Morgan fingerprint density at radius 1 is 0.911 bits per heavy atom. The quantitative estimate of drug-likeness (QED) is 0.225.